The minimum Gasteiger partial charge on any atom is -0.398 e. The van der Waals surface area contributed by atoms with E-state index in [1.807, 2.05) is 24.3 Å². The van der Waals surface area contributed by atoms with Gasteiger partial charge in [0.2, 0.25) is 0 Å². The van der Waals surface area contributed by atoms with Gasteiger partial charge in [-0.2, -0.15) is 0 Å². The molecule has 3 N–H and O–H groups in total. The molecule has 0 aliphatic rings. The second-order valence-electron chi connectivity index (χ2n) is 2.43. The van der Waals surface area contributed by atoms with Gasteiger partial charge in [0.05, 0.1) is 0 Å². The number of aromatic amines is 1. The summed E-state index contributed by atoms with van der Waals surface area (Å²) < 4.78 is 0. The summed E-state index contributed by atoms with van der Waals surface area (Å²) in [6.45, 7) is 0. The van der Waals surface area contributed by atoms with E-state index in [0.29, 0.717) is 5.15 Å². The van der Waals surface area contributed by atoms with Crippen molar-refractivity contribution in [3.8, 4) is 0 Å². The number of rotatable bonds is 0. The first-order valence-electron chi connectivity index (χ1n) is 3.30. The second-order valence-corrected chi connectivity index (χ2v) is 2.83. The molecule has 0 aliphatic heterocycles. The molecule has 0 atom stereocenters. The Kier molecular flexibility index (Phi) is 2.50. The fraction of sp³-hybridized carbons (Fsp3) is 0. The van der Waals surface area contributed by atoms with Crippen LogP contribution in [-0.4, -0.2) is 4.98 Å². The number of aromatic nitrogens is 1. The van der Waals surface area contributed by atoms with Crippen molar-refractivity contribution in [3.05, 3.63) is 29.4 Å². The highest BCUT2D eigenvalue weighted by atomic mass is 35.5. The molecule has 0 unspecified atom stereocenters. The standard InChI is InChI=1S/C8H7ClN2.ClH/c9-8-4-5-6(10)2-1-3-7(5)11-8;/h1-4,11H,10H2;1H. The highest BCUT2D eigenvalue weighted by molar-refractivity contribution is 6.30. The van der Waals surface area contributed by atoms with Crippen LogP contribution < -0.4 is 5.73 Å². The molecule has 0 amide bonds. The number of nitrogens with one attached hydrogen (secondary N) is 1. The topological polar surface area (TPSA) is 41.8 Å². The van der Waals surface area contributed by atoms with Crippen molar-refractivity contribution in [3.63, 3.8) is 0 Å². The van der Waals surface area contributed by atoms with Crippen molar-refractivity contribution in [1.29, 1.82) is 0 Å². The Bertz CT molecular complexity index is 395. The van der Waals surface area contributed by atoms with Crippen LogP contribution >= 0.6 is 24.0 Å². The molecule has 0 aliphatic carbocycles. The predicted molar refractivity (Wildman–Crippen MR) is 55.0 cm³/mol. The number of fused-ring (bicyclic) bond motifs is 1. The van der Waals surface area contributed by atoms with Crippen LogP contribution in [0.3, 0.4) is 0 Å². The van der Waals surface area contributed by atoms with Gasteiger partial charge < -0.3 is 10.7 Å². The van der Waals surface area contributed by atoms with Gasteiger partial charge in [-0.05, 0) is 18.2 Å². The Morgan fingerprint density at radius 3 is 2.75 bits per heavy atom. The summed E-state index contributed by atoms with van der Waals surface area (Å²) in [5.41, 5.74) is 7.43. The maximum Gasteiger partial charge on any atom is 0.107 e. The molecule has 1 aromatic heterocycles. The van der Waals surface area contributed by atoms with Crippen LogP contribution in [0, 0.1) is 0 Å². The Hall–Kier alpha value is -0.860. The molecule has 0 bridgehead atoms. The molecular weight excluding hydrogens is 195 g/mol. The normalized spacial score (nSPS) is 9.75. The van der Waals surface area contributed by atoms with Gasteiger partial charge in [-0.3, -0.25) is 0 Å². The zero-order valence-electron chi connectivity index (χ0n) is 6.17. The smallest absolute Gasteiger partial charge is 0.107 e. The van der Waals surface area contributed by atoms with Crippen molar-refractivity contribution < 1.29 is 0 Å². The Morgan fingerprint density at radius 1 is 1.33 bits per heavy atom. The number of halogens is 2. The van der Waals surface area contributed by atoms with E-state index >= 15 is 0 Å². The van der Waals surface area contributed by atoms with E-state index in [4.69, 9.17) is 17.3 Å². The van der Waals surface area contributed by atoms with Crippen LogP contribution in [0.1, 0.15) is 0 Å². The molecule has 2 nitrogen and oxygen atoms in total. The molecule has 2 rings (SSSR count). The Labute approximate surface area is 81.1 Å². The van der Waals surface area contributed by atoms with Crippen molar-refractivity contribution in [2.45, 2.75) is 0 Å². The Balaban J connectivity index is 0.000000720. The molecule has 0 radical (unpaired) electrons. The maximum absolute atomic E-state index is 5.74. The van der Waals surface area contributed by atoms with Crippen LogP contribution in [0.5, 0.6) is 0 Å². The number of anilines is 1. The zero-order valence-corrected chi connectivity index (χ0v) is 7.75. The van der Waals surface area contributed by atoms with Crippen LogP contribution in [-0.2, 0) is 0 Å². The van der Waals surface area contributed by atoms with Gasteiger partial charge in [-0.25, -0.2) is 0 Å². The van der Waals surface area contributed by atoms with Crippen LogP contribution in [0.15, 0.2) is 24.3 Å². The lowest BCUT2D eigenvalue weighted by Gasteiger charge is -1.92. The van der Waals surface area contributed by atoms with Gasteiger partial charge in [0.15, 0.2) is 0 Å². The molecule has 1 aromatic carbocycles. The SMILES string of the molecule is Cl.Nc1cccc2[nH]c(Cl)cc12. The van der Waals surface area contributed by atoms with E-state index < -0.39 is 0 Å². The number of H-pyrrole nitrogens is 1. The molecule has 0 spiro atoms. The predicted octanol–water partition coefficient (Wildman–Crippen LogP) is 2.83. The fourth-order valence-electron chi connectivity index (χ4n) is 1.14. The van der Waals surface area contributed by atoms with E-state index in [2.05, 4.69) is 4.98 Å². The lowest BCUT2D eigenvalue weighted by Crippen LogP contribution is -1.82. The second kappa shape index (κ2) is 3.25. The van der Waals surface area contributed by atoms with Crippen LogP contribution in [0.4, 0.5) is 5.69 Å². The molecule has 0 saturated heterocycles. The van der Waals surface area contributed by atoms with E-state index in [1.54, 1.807) is 0 Å². The minimum absolute atomic E-state index is 0. The van der Waals surface area contributed by atoms with Gasteiger partial charge in [-0.1, -0.05) is 17.7 Å². The summed E-state index contributed by atoms with van der Waals surface area (Å²) in [6.07, 6.45) is 0. The average Bonchev–Trinajstić information content (AvgIpc) is 2.31. The quantitative estimate of drug-likeness (QED) is 0.635. The first-order valence-corrected chi connectivity index (χ1v) is 3.68. The van der Waals surface area contributed by atoms with E-state index in [-0.39, 0.29) is 12.4 Å². The van der Waals surface area contributed by atoms with Crippen LogP contribution in [0.25, 0.3) is 10.9 Å². The van der Waals surface area contributed by atoms with Gasteiger partial charge in [0.25, 0.3) is 0 Å². The monoisotopic (exact) mass is 202 g/mol. The van der Waals surface area contributed by atoms with E-state index in [1.165, 1.54) is 0 Å². The summed E-state index contributed by atoms with van der Waals surface area (Å²) in [5, 5.41) is 1.61. The van der Waals surface area contributed by atoms with Crippen molar-refractivity contribution in [1.82, 2.24) is 4.98 Å². The summed E-state index contributed by atoms with van der Waals surface area (Å²) in [7, 11) is 0. The first-order chi connectivity index (χ1) is 5.27. The summed E-state index contributed by atoms with van der Waals surface area (Å²) >= 11 is 5.74. The minimum atomic E-state index is 0. The Morgan fingerprint density at radius 2 is 2.08 bits per heavy atom. The van der Waals surface area contributed by atoms with E-state index in [0.717, 1.165) is 16.6 Å². The average molecular weight is 203 g/mol. The zero-order chi connectivity index (χ0) is 7.84. The molecule has 64 valence electrons. The third kappa shape index (κ3) is 1.36. The summed E-state index contributed by atoms with van der Waals surface area (Å²) in [5.74, 6) is 0. The molecule has 12 heavy (non-hydrogen) atoms. The van der Waals surface area contributed by atoms with Gasteiger partial charge in [0, 0.05) is 16.6 Å². The third-order valence-corrected chi connectivity index (χ3v) is 1.87. The molecule has 0 fully saturated rings. The third-order valence-electron chi connectivity index (χ3n) is 1.66. The number of hydrogen-bond acceptors (Lipinski definition) is 1. The highest BCUT2D eigenvalue weighted by Crippen LogP contribution is 2.23. The number of nitrogens with two attached hydrogens (primary N) is 1. The molecule has 1 heterocycles. The molecule has 0 saturated carbocycles. The van der Waals surface area contributed by atoms with Gasteiger partial charge in [0.1, 0.15) is 5.15 Å². The van der Waals surface area contributed by atoms with Crippen LogP contribution in [0.2, 0.25) is 5.15 Å². The maximum atomic E-state index is 5.74. The lowest BCUT2D eigenvalue weighted by atomic mass is 10.2. The highest BCUT2D eigenvalue weighted by Gasteiger charge is 1.99. The largest absolute Gasteiger partial charge is 0.398 e. The molecule has 4 heteroatoms. The van der Waals surface area contributed by atoms with Crippen molar-refractivity contribution in [2.24, 2.45) is 0 Å². The summed E-state index contributed by atoms with van der Waals surface area (Å²) in [4.78, 5) is 2.98. The van der Waals surface area contributed by atoms with Crippen molar-refractivity contribution in [2.75, 3.05) is 5.73 Å². The number of hydrogen-bond donors (Lipinski definition) is 2. The fourth-order valence-corrected chi connectivity index (χ4v) is 1.36. The number of nitrogen functional groups attached to an aromatic ring is 1. The molecule has 2 aromatic rings. The lowest BCUT2D eigenvalue weighted by molar-refractivity contribution is 1.48. The molecular formula is C8H8Cl2N2. The van der Waals surface area contributed by atoms with Crippen molar-refractivity contribution >= 4 is 40.6 Å². The van der Waals surface area contributed by atoms with E-state index in [9.17, 15) is 0 Å². The summed E-state index contributed by atoms with van der Waals surface area (Å²) in [6, 6.07) is 7.51. The first kappa shape index (κ1) is 9.23. The number of benzene rings is 1. The van der Waals surface area contributed by atoms with Gasteiger partial charge >= 0.3 is 0 Å². The van der Waals surface area contributed by atoms with Gasteiger partial charge in [-0.15, -0.1) is 12.4 Å².